The van der Waals surface area contributed by atoms with Crippen molar-refractivity contribution in [2.75, 3.05) is 17.7 Å². The molecule has 0 saturated heterocycles. The van der Waals surface area contributed by atoms with Gasteiger partial charge in [-0.15, -0.1) is 11.6 Å². The van der Waals surface area contributed by atoms with E-state index in [0.717, 1.165) is 34.9 Å². The van der Waals surface area contributed by atoms with Crippen molar-refractivity contribution >= 4 is 17.3 Å². The number of anilines is 1. The van der Waals surface area contributed by atoms with E-state index in [-0.39, 0.29) is 5.88 Å². The number of hydrogen-bond acceptors (Lipinski definition) is 4. The molecule has 0 radical (unpaired) electrons. The normalized spacial score (nSPS) is 12.3. The third-order valence-electron chi connectivity index (χ3n) is 3.99. The van der Waals surface area contributed by atoms with E-state index in [4.69, 9.17) is 11.6 Å². The molecule has 25 heavy (non-hydrogen) atoms. The number of aliphatic hydroxyl groups excluding tert-OH is 1. The minimum Gasteiger partial charge on any atom is -0.390 e. The van der Waals surface area contributed by atoms with Gasteiger partial charge in [0.1, 0.15) is 0 Å². The van der Waals surface area contributed by atoms with Crippen LogP contribution in [-0.4, -0.2) is 43.2 Å². The Hall–Kier alpha value is -2.31. The third-order valence-corrected chi connectivity index (χ3v) is 4.34. The lowest BCUT2D eigenvalue weighted by Gasteiger charge is -2.10. The highest BCUT2D eigenvalue weighted by atomic mass is 35.5. The van der Waals surface area contributed by atoms with Crippen LogP contribution < -0.4 is 5.32 Å². The van der Waals surface area contributed by atoms with Crippen LogP contribution in [0.1, 0.15) is 12.6 Å². The van der Waals surface area contributed by atoms with Gasteiger partial charge in [0.2, 0.25) is 0 Å². The fourth-order valence-corrected chi connectivity index (χ4v) is 2.67. The molecule has 0 saturated carbocycles. The molecule has 0 spiro atoms. The van der Waals surface area contributed by atoms with E-state index in [1.807, 2.05) is 59.0 Å². The molecule has 1 atom stereocenters. The monoisotopic (exact) mass is 359 g/mol. The molecule has 0 bridgehead atoms. The molecule has 2 N–H and O–H groups in total. The molecule has 2 aromatic heterocycles. The zero-order chi connectivity index (χ0) is 17.8. The molecule has 0 amide bonds. The molecule has 6 nitrogen and oxygen atoms in total. The molecule has 132 valence electrons. The summed E-state index contributed by atoms with van der Waals surface area (Å²) < 4.78 is 3.76. The number of hydrogen-bond donors (Lipinski definition) is 2. The number of aryl methyl sites for hydroxylation is 2. The van der Waals surface area contributed by atoms with Gasteiger partial charge in [0.05, 0.1) is 29.1 Å². The van der Waals surface area contributed by atoms with Gasteiger partial charge in [-0.25, -0.2) is 4.68 Å². The van der Waals surface area contributed by atoms with Crippen LogP contribution >= 0.6 is 11.6 Å². The highest BCUT2D eigenvalue weighted by Gasteiger charge is 2.10. The summed E-state index contributed by atoms with van der Waals surface area (Å²) in [5.74, 6) is 0.217. The Labute approximate surface area is 152 Å². The lowest BCUT2D eigenvalue weighted by atomic mass is 10.2. The molecule has 0 aliphatic carbocycles. The minimum absolute atomic E-state index is 0.217. The third kappa shape index (κ3) is 4.03. The Morgan fingerprint density at radius 2 is 1.96 bits per heavy atom. The van der Waals surface area contributed by atoms with Crippen molar-refractivity contribution in [3.8, 4) is 16.9 Å². The van der Waals surface area contributed by atoms with Gasteiger partial charge >= 0.3 is 0 Å². The minimum atomic E-state index is -0.553. The summed E-state index contributed by atoms with van der Waals surface area (Å²) in [5, 5.41) is 21.8. The largest absolute Gasteiger partial charge is 0.390 e. The standard InChI is InChI=1S/C18H22ClN5O/c1-3-23-12-17(13(2)21-23)18-8-9-24(22-18)15-6-4-14(5-7-15)20-11-16(25)10-19/h4-9,12,16,20,25H,3,10-11H2,1-2H3. The van der Waals surface area contributed by atoms with Gasteiger partial charge in [0, 0.05) is 36.7 Å². The van der Waals surface area contributed by atoms with E-state index < -0.39 is 6.10 Å². The topological polar surface area (TPSA) is 67.9 Å². The SMILES string of the molecule is CCn1cc(-c2ccn(-c3ccc(NCC(O)CCl)cc3)n2)c(C)n1. The maximum Gasteiger partial charge on any atom is 0.0961 e. The zero-order valence-electron chi connectivity index (χ0n) is 14.4. The van der Waals surface area contributed by atoms with Crippen LogP contribution in [0.15, 0.2) is 42.7 Å². The Kier molecular flexibility index (Phi) is 5.40. The first-order chi connectivity index (χ1) is 12.1. The molecule has 3 aromatic rings. The maximum atomic E-state index is 9.49. The van der Waals surface area contributed by atoms with Gasteiger partial charge in [0.15, 0.2) is 0 Å². The van der Waals surface area contributed by atoms with Gasteiger partial charge in [0.25, 0.3) is 0 Å². The van der Waals surface area contributed by atoms with E-state index >= 15 is 0 Å². The van der Waals surface area contributed by atoms with E-state index in [1.165, 1.54) is 0 Å². The summed E-state index contributed by atoms with van der Waals surface area (Å²) in [5.41, 5.74) is 4.83. The Bertz CT molecular complexity index is 824. The second-order valence-corrected chi connectivity index (χ2v) is 6.17. The zero-order valence-corrected chi connectivity index (χ0v) is 15.1. The van der Waals surface area contributed by atoms with Gasteiger partial charge < -0.3 is 10.4 Å². The van der Waals surface area contributed by atoms with E-state index in [0.29, 0.717) is 6.54 Å². The van der Waals surface area contributed by atoms with Crippen molar-refractivity contribution in [1.29, 1.82) is 0 Å². The molecule has 1 unspecified atom stereocenters. The average Bonchev–Trinajstić information content (AvgIpc) is 3.26. The fraction of sp³-hybridized carbons (Fsp3) is 0.333. The summed E-state index contributed by atoms with van der Waals surface area (Å²) in [6.07, 6.45) is 3.41. The lowest BCUT2D eigenvalue weighted by Crippen LogP contribution is -2.20. The van der Waals surface area contributed by atoms with Crippen molar-refractivity contribution in [3.63, 3.8) is 0 Å². The molecule has 0 fully saturated rings. The van der Waals surface area contributed by atoms with Gasteiger partial charge in [-0.1, -0.05) is 0 Å². The van der Waals surface area contributed by atoms with Crippen molar-refractivity contribution < 1.29 is 5.11 Å². The molecule has 3 rings (SSSR count). The van der Waals surface area contributed by atoms with E-state index in [2.05, 4.69) is 22.4 Å². The summed E-state index contributed by atoms with van der Waals surface area (Å²) in [6, 6.07) is 9.87. The molecular formula is C18H22ClN5O. The molecule has 1 aromatic carbocycles. The first kappa shape index (κ1) is 17.5. The highest BCUT2D eigenvalue weighted by Crippen LogP contribution is 2.22. The number of rotatable bonds is 7. The second kappa shape index (κ2) is 7.72. The van der Waals surface area contributed by atoms with Crippen molar-refractivity contribution in [2.45, 2.75) is 26.5 Å². The fourth-order valence-electron chi connectivity index (χ4n) is 2.56. The van der Waals surface area contributed by atoms with Crippen LogP contribution in [0, 0.1) is 6.92 Å². The number of aliphatic hydroxyl groups is 1. The smallest absolute Gasteiger partial charge is 0.0961 e. The first-order valence-electron chi connectivity index (χ1n) is 8.29. The molecule has 7 heteroatoms. The van der Waals surface area contributed by atoms with E-state index in [9.17, 15) is 5.11 Å². The Morgan fingerprint density at radius 1 is 1.20 bits per heavy atom. The molecular weight excluding hydrogens is 338 g/mol. The van der Waals surface area contributed by atoms with Crippen LogP contribution in [0.4, 0.5) is 5.69 Å². The quantitative estimate of drug-likeness (QED) is 0.636. The van der Waals surface area contributed by atoms with Crippen molar-refractivity contribution in [2.24, 2.45) is 0 Å². The lowest BCUT2D eigenvalue weighted by molar-refractivity contribution is 0.211. The van der Waals surface area contributed by atoms with Crippen LogP contribution in [0.5, 0.6) is 0 Å². The van der Waals surface area contributed by atoms with Crippen molar-refractivity contribution in [3.05, 3.63) is 48.4 Å². The second-order valence-electron chi connectivity index (χ2n) is 5.87. The van der Waals surface area contributed by atoms with Crippen LogP contribution in [0.25, 0.3) is 16.9 Å². The predicted octanol–water partition coefficient (Wildman–Crippen LogP) is 3.08. The summed E-state index contributed by atoms with van der Waals surface area (Å²) >= 11 is 5.59. The number of halogens is 1. The Morgan fingerprint density at radius 3 is 2.60 bits per heavy atom. The summed E-state index contributed by atoms with van der Waals surface area (Å²) in [6.45, 7) is 5.33. The van der Waals surface area contributed by atoms with Crippen LogP contribution in [-0.2, 0) is 6.54 Å². The van der Waals surface area contributed by atoms with Crippen LogP contribution in [0.3, 0.4) is 0 Å². The summed E-state index contributed by atoms with van der Waals surface area (Å²) in [4.78, 5) is 0. The number of nitrogens with one attached hydrogen (secondary N) is 1. The predicted molar refractivity (Wildman–Crippen MR) is 100 cm³/mol. The average molecular weight is 360 g/mol. The van der Waals surface area contributed by atoms with E-state index in [1.54, 1.807) is 0 Å². The summed E-state index contributed by atoms with van der Waals surface area (Å²) in [7, 11) is 0. The number of nitrogens with zero attached hydrogens (tertiary/aromatic N) is 4. The number of benzene rings is 1. The molecule has 2 heterocycles. The van der Waals surface area contributed by atoms with Crippen LogP contribution in [0.2, 0.25) is 0 Å². The molecule has 0 aliphatic heterocycles. The number of aromatic nitrogens is 4. The maximum absolute atomic E-state index is 9.49. The Balaban J connectivity index is 1.74. The first-order valence-corrected chi connectivity index (χ1v) is 8.82. The van der Waals surface area contributed by atoms with Crippen molar-refractivity contribution in [1.82, 2.24) is 19.6 Å². The van der Waals surface area contributed by atoms with Gasteiger partial charge in [-0.2, -0.15) is 10.2 Å². The van der Waals surface area contributed by atoms with Gasteiger partial charge in [-0.3, -0.25) is 4.68 Å². The molecule has 0 aliphatic rings. The van der Waals surface area contributed by atoms with Gasteiger partial charge in [-0.05, 0) is 44.2 Å². The number of alkyl halides is 1. The highest BCUT2D eigenvalue weighted by molar-refractivity contribution is 6.18.